The third-order valence-electron chi connectivity index (χ3n) is 5.55. The van der Waals surface area contributed by atoms with E-state index in [1.165, 1.54) is 0 Å². The summed E-state index contributed by atoms with van der Waals surface area (Å²) in [5.74, 6) is 1.43. The second-order valence-electron chi connectivity index (χ2n) is 8.65. The van der Waals surface area contributed by atoms with Crippen molar-refractivity contribution in [2.45, 2.75) is 39.6 Å². The van der Waals surface area contributed by atoms with E-state index in [0.29, 0.717) is 19.0 Å². The number of aromatic nitrogens is 2. The van der Waals surface area contributed by atoms with Crippen molar-refractivity contribution in [2.75, 3.05) is 44.7 Å². The summed E-state index contributed by atoms with van der Waals surface area (Å²) < 4.78 is 2.04. The molecule has 1 aliphatic rings. The Morgan fingerprint density at radius 1 is 1.13 bits per heavy atom. The fourth-order valence-electron chi connectivity index (χ4n) is 3.94. The summed E-state index contributed by atoms with van der Waals surface area (Å²) >= 11 is 6.19. The first-order valence-electron chi connectivity index (χ1n) is 10.8. The standard InChI is InChI=1S/C23H34ClN5O/c1-17(2)15-28(23(30)18(3)24)16-21-19(4)25-29(20-9-7-6-8-10-20)22(21)27-13-11-26(5)12-14-27/h6-10,17-18H,11-16H2,1-5H3. The molecule has 2 heterocycles. The number of anilines is 1. The first-order valence-corrected chi connectivity index (χ1v) is 11.2. The van der Waals surface area contributed by atoms with Gasteiger partial charge in [-0.2, -0.15) is 5.10 Å². The van der Waals surface area contributed by atoms with Crippen molar-refractivity contribution in [3.8, 4) is 5.69 Å². The van der Waals surface area contributed by atoms with Crippen molar-refractivity contribution in [3.63, 3.8) is 0 Å². The molecule has 1 saturated heterocycles. The number of aryl methyl sites for hydroxylation is 1. The number of benzene rings is 1. The third kappa shape index (κ3) is 5.16. The molecule has 0 radical (unpaired) electrons. The summed E-state index contributed by atoms with van der Waals surface area (Å²) in [5, 5.41) is 4.36. The second kappa shape index (κ2) is 9.84. The minimum atomic E-state index is -0.541. The molecule has 30 heavy (non-hydrogen) atoms. The summed E-state index contributed by atoms with van der Waals surface area (Å²) in [6, 6.07) is 10.2. The lowest BCUT2D eigenvalue weighted by Gasteiger charge is -2.35. The highest BCUT2D eigenvalue weighted by Gasteiger charge is 2.28. The Labute approximate surface area is 185 Å². The number of piperazine rings is 1. The van der Waals surface area contributed by atoms with Crippen LogP contribution >= 0.6 is 11.6 Å². The molecule has 0 N–H and O–H groups in total. The fourth-order valence-corrected chi connectivity index (χ4v) is 4.08. The fraction of sp³-hybridized carbons (Fsp3) is 0.565. The van der Waals surface area contributed by atoms with Crippen LogP contribution in [0.5, 0.6) is 0 Å². The monoisotopic (exact) mass is 431 g/mol. The van der Waals surface area contributed by atoms with Gasteiger partial charge in [-0.25, -0.2) is 4.68 Å². The van der Waals surface area contributed by atoms with Crippen LogP contribution in [0.2, 0.25) is 0 Å². The van der Waals surface area contributed by atoms with E-state index in [1.54, 1.807) is 6.92 Å². The van der Waals surface area contributed by atoms with E-state index in [0.717, 1.165) is 48.9 Å². The molecule has 0 saturated carbocycles. The van der Waals surface area contributed by atoms with Gasteiger partial charge in [-0.05, 0) is 38.9 Å². The van der Waals surface area contributed by atoms with E-state index < -0.39 is 5.38 Å². The van der Waals surface area contributed by atoms with Crippen LogP contribution < -0.4 is 4.90 Å². The predicted molar refractivity (Wildman–Crippen MR) is 124 cm³/mol. The van der Waals surface area contributed by atoms with Crippen LogP contribution in [-0.2, 0) is 11.3 Å². The number of para-hydroxylation sites is 1. The number of carbonyl (C=O) groups excluding carboxylic acids is 1. The third-order valence-corrected chi connectivity index (χ3v) is 5.73. The maximum atomic E-state index is 12.8. The van der Waals surface area contributed by atoms with Crippen molar-refractivity contribution in [1.82, 2.24) is 19.6 Å². The van der Waals surface area contributed by atoms with Gasteiger partial charge in [0.1, 0.15) is 11.2 Å². The smallest absolute Gasteiger partial charge is 0.240 e. The zero-order valence-electron chi connectivity index (χ0n) is 18.8. The van der Waals surface area contributed by atoms with Gasteiger partial charge in [0.25, 0.3) is 0 Å². The SMILES string of the molecule is Cc1nn(-c2ccccc2)c(N2CCN(C)CC2)c1CN(CC(C)C)C(=O)C(C)Cl. The van der Waals surface area contributed by atoms with Crippen molar-refractivity contribution in [2.24, 2.45) is 5.92 Å². The molecule has 6 nitrogen and oxygen atoms in total. The highest BCUT2D eigenvalue weighted by molar-refractivity contribution is 6.30. The van der Waals surface area contributed by atoms with Crippen LogP contribution in [0.15, 0.2) is 30.3 Å². The van der Waals surface area contributed by atoms with Gasteiger partial charge in [0.2, 0.25) is 5.91 Å². The average molecular weight is 432 g/mol. The van der Waals surface area contributed by atoms with Crippen LogP contribution in [0, 0.1) is 12.8 Å². The Hall–Kier alpha value is -2.05. The zero-order valence-corrected chi connectivity index (χ0v) is 19.6. The molecule has 7 heteroatoms. The van der Waals surface area contributed by atoms with Crippen molar-refractivity contribution in [3.05, 3.63) is 41.6 Å². The average Bonchev–Trinajstić information content (AvgIpc) is 3.04. The van der Waals surface area contributed by atoms with Gasteiger partial charge in [-0.1, -0.05) is 32.0 Å². The molecule has 0 spiro atoms. The number of hydrogen-bond acceptors (Lipinski definition) is 4. The first kappa shape index (κ1) is 22.6. The molecule has 1 atom stereocenters. The molecule has 1 unspecified atom stereocenters. The van der Waals surface area contributed by atoms with Gasteiger partial charge >= 0.3 is 0 Å². The van der Waals surface area contributed by atoms with Crippen molar-refractivity contribution in [1.29, 1.82) is 0 Å². The molecule has 1 aliphatic heterocycles. The molecule has 0 bridgehead atoms. The molecule has 2 aromatic rings. The number of likely N-dealkylation sites (N-methyl/N-ethyl adjacent to an activating group) is 1. The Balaban J connectivity index is 2.04. The number of carbonyl (C=O) groups is 1. The van der Waals surface area contributed by atoms with E-state index >= 15 is 0 Å². The molecule has 1 fully saturated rings. The number of alkyl halides is 1. The topological polar surface area (TPSA) is 44.6 Å². The van der Waals surface area contributed by atoms with Crippen LogP contribution in [-0.4, -0.2) is 70.6 Å². The summed E-state index contributed by atoms with van der Waals surface area (Å²) in [4.78, 5) is 19.5. The highest BCUT2D eigenvalue weighted by Crippen LogP contribution is 2.30. The van der Waals surface area contributed by atoms with Crippen LogP contribution in [0.1, 0.15) is 32.0 Å². The van der Waals surface area contributed by atoms with Gasteiger partial charge in [0.15, 0.2) is 0 Å². The molecule has 1 aromatic heterocycles. The maximum Gasteiger partial charge on any atom is 0.240 e. The Kier molecular flexibility index (Phi) is 7.42. The lowest BCUT2D eigenvalue weighted by Crippen LogP contribution is -2.46. The normalized spacial score (nSPS) is 16.2. The largest absolute Gasteiger partial charge is 0.354 e. The summed E-state index contributed by atoms with van der Waals surface area (Å²) in [6.07, 6.45) is 0. The molecule has 1 amide bonds. The van der Waals surface area contributed by atoms with Gasteiger partial charge < -0.3 is 14.7 Å². The number of halogens is 1. The lowest BCUT2D eigenvalue weighted by atomic mass is 10.1. The molecule has 1 aromatic carbocycles. The summed E-state index contributed by atoms with van der Waals surface area (Å²) in [5.41, 5.74) is 3.10. The minimum absolute atomic E-state index is 0.0263. The number of rotatable bonds is 7. The summed E-state index contributed by atoms with van der Waals surface area (Å²) in [6.45, 7) is 13.1. The molecular weight excluding hydrogens is 398 g/mol. The van der Waals surface area contributed by atoms with Crippen LogP contribution in [0.4, 0.5) is 5.82 Å². The van der Waals surface area contributed by atoms with E-state index in [-0.39, 0.29) is 5.91 Å². The van der Waals surface area contributed by atoms with E-state index in [4.69, 9.17) is 16.7 Å². The Bertz CT molecular complexity index is 841. The molecular formula is C23H34ClN5O. The van der Waals surface area contributed by atoms with Gasteiger partial charge in [0.05, 0.1) is 17.9 Å². The van der Waals surface area contributed by atoms with Crippen LogP contribution in [0.25, 0.3) is 5.69 Å². The van der Waals surface area contributed by atoms with Gasteiger partial charge in [-0.3, -0.25) is 4.79 Å². The first-order chi connectivity index (χ1) is 14.3. The van der Waals surface area contributed by atoms with Crippen LogP contribution in [0.3, 0.4) is 0 Å². The molecule has 0 aliphatic carbocycles. The van der Waals surface area contributed by atoms with Crippen molar-refractivity contribution >= 4 is 23.3 Å². The Morgan fingerprint density at radius 2 is 1.77 bits per heavy atom. The number of nitrogens with zero attached hydrogens (tertiary/aromatic N) is 5. The lowest BCUT2D eigenvalue weighted by molar-refractivity contribution is -0.131. The van der Waals surface area contributed by atoms with E-state index in [9.17, 15) is 4.79 Å². The quantitative estimate of drug-likeness (QED) is 0.629. The zero-order chi connectivity index (χ0) is 21.8. The van der Waals surface area contributed by atoms with E-state index in [1.807, 2.05) is 34.7 Å². The number of hydrogen-bond donors (Lipinski definition) is 0. The molecule has 3 rings (SSSR count). The maximum absolute atomic E-state index is 12.8. The Morgan fingerprint density at radius 3 is 2.33 bits per heavy atom. The minimum Gasteiger partial charge on any atom is -0.354 e. The second-order valence-corrected chi connectivity index (χ2v) is 9.31. The highest BCUT2D eigenvalue weighted by atomic mass is 35.5. The number of amides is 1. The van der Waals surface area contributed by atoms with Gasteiger partial charge in [0, 0.05) is 38.3 Å². The van der Waals surface area contributed by atoms with Gasteiger partial charge in [-0.15, -0.1) is 11.6 Å². The summed E-state index contributed by atoms with van der Waals surface area (Å²) in [7, 11) is 2.16. The van der Waals surface area contributed by atoms with E-state index in [2.05, 4.69) is 42.8 Å². The predicted octanol–water partition coefficient (Wildman–Crippen LogP) is 3.54. The molecule has 164 valence electrons. The van der Waals surface area contributed by atoms with Crippen molar-refractivity contribution < 1.29 is 4.79 Å².